The summed E-state index contributed by atoms with van der Waals surface area (Å²) in [6, 6.07) is 13.5. The molecule has 1 aromatic heterocycles. The zero-order valence-electron chi connectivity index (χ0n) is 13.5. The van der Waals surface area contributed by atoms with Crippen molar-refractivity contribution in [2.45, 2.75) is 18.2 Å². The van der Waals surface area contributed by atoms with Gasteiger partial charge in [0.25, 0.3) is 5.56 Å². The number of benzene rings is 2. The maximum absolute atomic E-state index is 12.2. The number of hydrogen-bond donors (Lipinski definition) is 2. The highest BCUT2D eigenvalue weighted by atomic mass is 35.5. The van der Waals surface area contributed by atoms with E-state index in [1.54, 1.807) is 6.07 Å². The lowest BCUT2D eigenvalue weighted by Gasteiger charge is -2.08. The van der Waals surface area contributed by atoms with E-state index in [1.807, 2.05) is 25.1 Å². The van der Waals surface area contributed by atoms with Gasteiger partial charge in [-0.3, -0.25) is 4.79 Å². The molecular formula is C18H17ClN2O3S. The monoisotopic (exact) mass is 376 g/mol. The van der Waals surface area contributed by atoms with E-state index in [0.29, 0.717) is 17.0 Å². The molecule has 0 saturated heterocycles. The van der Waals surface area contributed by atoms with Crippen LogP contribution in [0.25, 0.3) is 10.9 Å². The Morgan fingerprint density at radius 1 is 1.12 bits per heavy atom. The van der Waals surface area contributed by atoms with Gasteiger partial charge < -0.3 is 4.98 Å². The first kappa shape index (κ1) is 17.7. The molecule has 1 heterocycles. The van der Waals surface area contributed by atoms with Crippen LogP contribution in [0.3, 0.4) is 0 Å². The molecule has 5 nitrogen and oxygen atoms in total. The van der Waals surface area contributed by atoms with Crippen molar-refractivity contribution < 1.29 is 8.42 Å². The Bertz CT molecular complexity index is 1070. The third-order valence-corrected chi connectivity index (χ3v) is 5.70. The fourth-order valence-corrected chi connectivity index (χ4v) is 3.79. The van der Waals surface area contributed by atoms with Crippen molar-refractivity contribution in [1.29, 1.82) is 0 Å². The maximum atomic E-state index is 12.2. The molecule has 0 atom stereocenters. The highest BCUT2D eigenvalue weighted by Gasteiger charge is 2.13. The topological polar surface area (TPSA) is 79.0 Å². The van der Waals surface area contributed by atoms with E-state index in [0.717, 1.165) is 16.5 Å². The van der Waals surface area contributed by atoms with Crippen molar-refractivity contribution in [2.24, 2.45) is 0 Å². The summed E-state index contributed by atoms with van der Waals surface area (Å²) in [5.41, 5.74) is 2.13. The fourth-order valence-electron chi connectivity index (χ4n) is 2.63. The SMILES string of the molecule is Cc1cccc2cc(CCNS(=O)(=O)c3ccc(Cl)cc3)c(=O)[nH]c12. The molecule has 0 bridgehead atoms. The second kappa shape index (κ2) is 7.00. The molecule has 0 amide bonds. The molecule has 130 valence electrons. The molecule has 0 aliphatic heterocycles. The molecule has 3 rings (SSSR count). The number of H-pyrrole nitrogens is 1. The molecule has 0 unspecified atom stereocenters. The second-order valence-corrected chi connectivity index (χ2v) is 7.97. The summed E-state index contributed by atoms with van der Waals surface area (Å²) in [5, 5.41) is 1.40. The van der Waals surface area contributed by atoms with Crippen LogP contribution in [0, 0.1) is 6.92 Å². The third kappa shape index (κ3) is 3.92. The van der Waals surface area contributed by atoms with Crippen LogP contribution in [-0.2, 0) is 16.4 Å². The Morgan fingerprint density at radius 3 is 2.56 bits per heavy atom. The number of para-hydroxylation sites is 1. The Morgan fingerprint density at radius 2 is 1.84 bits per heavy atom. The number of rotatable bonds is 5. The first-order valence-electron chi connectivity index (χ1n) is 7.73. The smallest absolute Gasteiger partial charge is 0.251 e. The van der Waals surface area contributed by atoms with Crippen molar-refractivity contribution in [1.82, 2.24) is 9.71 Å². The maximum Gasteiger partial charge on any atom is 0.251 e. The summed E-state index contributed by atoms with van der Waals surface area (Å²) >= 11 is 5.77. The molecule has 2 aromatic carbocycles. The number of aromatic nitrogens is 1. The van der Waals surface area contributed by atoms with Crippen LogP contribution in [0.5, 0.6) is 0 Å². The number of hydrogen-bond acceptors (Lipinski definition) is 3. The van der Waals surface area contributed by atoms with Crippen molar-refractivity contribution in [3.8, 4) is 0 Å². The van der Waals surface area contributed by atoms with Crippen molar-refractivity contribution in [3.63, 3.8) is 0 Å². The Labute approximate surface area is 150 Å². The molecule has 0 aliphatic carbocycles. The quantitative estimate of drug-likeness (QED) is 0.718. The van der Waals surface area contributed by atoms with Gasteiger partial charge in [-0.25, -0.2) is 13.1 Å². The second-order valence-electron chi connectivity index (χ2n) is 5.76. The Kier molecular flexibility index (Phi) is 4.94. The standard InChI is InChI=1S/C18H17ClN2O3S/c1-12-3-2-4-13-11-14(18(22)21-17(12)13)9-10-20-25(23,24)16-7-5-15(19)6-8-16/h2-8,11,20H,9-10H2,1H3,(H,21,22). The van der Waals surface area contributed by atoms with E-state index in [9.17, 15) is 13.2 Å². The zero-order chi connectivity index (χ0) is 18.0. The molecule has 0 aliphatic rings. The van der Waals surface area contributed by atoms with Crippen LogP contribution in [0.15, 0.2) is 58.2 Å². The first-order chi connectivity index (χ1) is 11.9. The van der Waals surface area contributed by atoms with Gasteiger partial charge in [0, 0.05) is 17.1 Å². The molecule has 0 saturated carbocycles. The van der Waals surface area contributed by atoms with E-state index in [1.165, 1.54) is 24.3 Å². The highest BCUT2D eigenvalue weighted by molar-refractivity contribution is 7.89. The average molecular weight is 377 g/mol. The van der Waals surface area contributed by atoms with Crippen LogP contribution in [0.1, 0.15) is 11.1 Å². The molecule has 25 heavy (non-hydrogen) atoms. The molecule has 2 N–H and O–H groups in total. The van der Waals surface area contributed by atoms with E-state index in [4.69, 9.17) is 11.6 Å². The van der Waals surface area contributed by atoms with Crippen LogP contribution in [0.4, 0.5) is 0 Å². The van der Waals surface area contributed by atoms with Gasteiger partial charge in [0.15, 0.2) is 0 Å². The molecule has 0 spiro atoms. The van der Waals surface area contributed by atoms with Crippen molar-refractivity contribution in [2.75, 3.05) is 6.54 Å². The third-order valence-electron chi connectivity index (χ3n) is 3.98. The number of aromatic amines is 1. The normalized spacial score (nSPS) is 11.8. The van der Waals surface area contributed by atoms with E-state index < -0.39 is 10.0 Å². The van der Waals surface area contributed by atoms with Gasteiger partial charge in [-0.15, -0.1) is 0 Å². The lowest BCUT2D eigenvalue weighted by Crippen LogP contribution is -2.27. The van der Waals surface area contributed by atoms with E-state index >= 15 is 0 Å². The number of pyridine rings is 1. The summed E-state index contributed by atoms with van der Waals surface area (Å²) in [6.07, 6.45) is 0.298. The number of sulfonamides is 1. The van der Waals surface area contributed by atoms with Gasteiger partial charge in [0.05, 0.1) is 10.4 Å². The van der Waals surface area contributed by atoms with Gasteiger partial charge in [0.2, 0.25) is 10.0 Å². The molecule has 0 fully saturated rings. The minimum atomic E-state index is -3.63. The molecule has 3 aromatic rings. The average Bonchev–Trinajstić information content (AvgIpc) is 2.56. The van der Waals surface area contributed by atoms with Crippen LogP contribution < -0.4 is 10.3 Å². The summed E-state index contributed by atoms with van der Waals surface area (Å²) in [6.45, 7) is 2.06. The summed E-state index contributed by atoms with van der Waals surface area (Å²) in [7, 11) is -3.63. The predicted octanol–water partition coefficient (Wildman–Crippen LogP) is 3.01. The molecule has 0 radical (unpaired) electrons. The minimum absolute atomic E-state index is 0.130. The number of aryl methyl sites for hydroxylation is 1. The Balaban J connectivity index is 1.76. The van der Waals surface area contributed by atoms with E-state index in [2.05, 4.69) is 9.71 Å². The lowest BCUT2D eigenvalue weighted by atomic mass is 10.1. The fraction of sp³-hybridized carbons (Fsp3) is 0.167. The summed E-state index contributed by atoms with van der Waals surface area (Å²) in [4.78, 5) is 15.2. The zero-order valence-corrected chi connectivity index (χ0v) is 15.1. The highest BCUT2D eigenvalue weighted by Crippen LogP contribution is 2.16. The summed E-state index contributed by atoms with van der Waals surface area (Å²) < 4.78 is 27.0. The minimum Gasteiger partial charge on any atom is -0.321 e. The van der Waals surface area contributed by atoms with E-state index in [-0.39, 0.29) is 17.0 Å². The van der Waals surface area contributed by atoms with Gasteiger partial charge >= 0.3 is 0 Å². The molecular weight excluding hydrogens is 360 g/mol. The largest absolute Gasteiger partial charge is 0.321 e. The predicted molar refractivity (Wildman–Crippen MR) is 99.7 cm³/mol. The van der Waals surface area contributed by atoms with Gasteiger partial charge in [0.1, 0.15) is 0 Å². The van der Waals surface area contributed by atoms with Gasteiger partial charge in [-0.2, -0.15) is 0 Å². The first-order valence-corrected chi connectivity index (χ1v) is 9.60. The number of fused-ring (bicyclic) bond motifs is 1. The Hall–Kier alpha value is -2.15. The van der Waals surface area contributed by atoms with Gasteiger partial charge in [-0.05, 0) is 54.6 Å². The summed E-state index contributed by atoms with van der Waals surface area (Å²) in [5.74, 6) is 0. The van der Waals surface area contributed by atoms with Crippen molar-refractivity contribution >= 4 is 32.5 Å². The number of halogens is 1. The molecule has 7 heteroatoms. The van der Waals surface area contributed by atoms with Crippen molar-refractivity contribution in [3.05, 3.63) is 75.0 Å². The number of nitrogens with one attached hydrogen (secondary N) is 2. The van der Waals surface area contributed by atoms with Gasteiger partial charge in [-0.1, -0.05) is 29.8 Å². The lowest BCUT2D eigenvalue weighted by molar-refractivity contribution is 0.581. The van der Waals surface area contributed by atoms with Crippen LogP contribution in [0.2, 0.25) is 5.02 Å². The van der Waals surface area contributed by atoms with Crippen LogP contribution >= 0.6 is 11.6 Å². The van der Waals surface area contributed by atoms with Crippen LogP contribution in [-0.4, -0.2) is 19.9 Å².